The first-order valence-corrected chi connectivity index (χ1v) is 7.18. The predicted molar refractivity (Wildman–Crippen MR) is 77.5 cm³/mol. The summed E-state index contributed by atoms with van der Waals surface area (Å²) in [6, 6.07) is 7.99. The molecular weight excluding hydrogens is 260 g/mol. The summed E-state index contributed by atoms with van der Waals surface area (Å²) in [5.41, 5.74) is 1.49. The van der Waals surface area contributed by atoms with E-state index in [4.69, 9.17) is 21.6 Å². The van der Waals surface area contributed by atoms with Crippen molar-refractivity contribution < 1.29 is 4.74 Å². The first kappa shape index (κ1) is 14.2. The van der Waals surface area contributed by atoms with Gasteiger partial charge in [0.05, 0.1) is 16.7 Å². The summed E-state index contributed by atoms with van der Waals surface area (Å²) < 4.78 is 5.74. The van der Waals surface area contributed by atoms with Crippen LogP contribution in [0.5, 0.6) is 0 Å². The maximum absolute atomic E-state index is 8.85. The highest BCUT2D eigenvalue weighted by molar-refractivity contribution is 6.32. The van der Waals surface area contributed by atoms with Gasteiger partial charge in [-0.1, -0.05) is 24.9 Å². The third-order valence-corrected chi connectivity index (χ3v) is 3.75. The van der Waals surface area contributed by atoms with Crippen LogP contribution in [0.1, 0.15) is 38.2 Å². The van der Waals surface area contributed by atoms with Gasteiger partial charge in [0.2, 0.25) is 0 Å². The molecule has 2 rings (SSSR count). The van der Waals surface area contributed by atoms with Crippen molar-refractivity contribution in [2.75, 3.05) is 11.9 Å². The Labute approximate surface area is 119 Å². The second kappa shape index (κ2) is 6.79. The van der Waals surface area contributed by atoms with Crippen molar-refractivity contribution in [2.45, 2.75) is 44.8 Å². The Bertz CT molecular complexity index is 468. The first-order chi connectivity index (χ1) is 9.22. The highest BCUT2D eigenvalue weighted by atomic mass is 35.5. The monoisotopic (exact) mass is 278 g/mol. The van der Waals surface area contributed by atoms with Gasteiger partial charge in [-0.3, -0.25) is 0 Å². The number of nitriles is 1. The van der Waals surface area contributed by atoms with Gasteiger partial charge in [-0.05, 0) is 37.5 Å². The van der Waals surface area contributed by atoms with E-state index in [-0.39, 0.29) is 0 Å². The molecule has 2 unspecified atom stereocenters. The van der Waals surface area contributed by atoms with E-state index in [2.05, 4.69) is 18.3 Å². The van der Waals surface area contributed by atoms with Gasteiger partial charge in [0.15, 0.2) is 0 Å². The van der Waals surface area contributed by atoms with Crippen LogP contribution in [0.4, 0.5) is 5.69 Å². The Hall–Kier alpha value is -1.24. The van der Waals surface area contributed by atoms with Crippen molar-refractivity contribution >= 4 is 17.3 Å². The van der Waals surface area contributed by atoms with E-state index in [0.29, 0.717) is 22.7 Å². The number of hydrogen-bond donors (Lipinski definition) is 1. The summed E-state index contributed by atoms with van der Waals surface area (Å²) in [5.74, 6) is 0. The van der Waals surface area contributed by atoms with Crippen molar-refractivity contribution in [1.29, 1.82) is 5.26 Å². The summed E-state index contributed by atoms with van der Waals surface area (Å²) in [7, 11) is 0. The Balaban J connectivity index is 1.97. The van der Waals surface area contributed by atoms with E-state index in [1.165, 1.54) is 0 Å². The summed E-state index contributed by atoms with van der Waals surface area (Å²) in [4.78, 5) is 0. The Morgan fingerprint density at radius 2 is 2.37 bits per heavy atom. The quantitative estimate of drug-likeness (QED) is 0.906. The van der Waals surface area contributed by atoms with E-state index in [1.807, 2.05) is 12.1 Å². The third kappa shape index (κ3) is 3.86. The second-order valence-corrected chi connectivity index (χ2v) is 5.36. The van der Waals surface area contributed by atoms with Crippen LogP contribution < -0.4 is 5.32 Å². The summed E-state index contributed by atoms with van der Waals surface area (Å²) in [6.07, 6.45) is 4.68. The molecule has 0 aliphatic carbocycles. The van der Waals surface area contributed by atoms with Crippen LogP contribution >= 0.6 is 11.6 Å². The molecule has 19 heavy (non-hydrogen) atoms. The van der Waals surface area contributed by atoms with E-state index < -0.39 is 0 Å². The van der Waals surface area contributed by atoms with E-state index in [9.17, 15) is 0 Å². The van der Waals surface area contributed by atoms with Crippen molar-refractivity contribution in [3.05, 3.63) is 28.8 Å². The number of hydrogen-bond acceptors (Lipinski definition) is 3. The van der Waals surface area contributed by atoms with Crippen molar-refractivity contribution in [2.24, 2.45) is 0 Å². The summed E-state index contributed by atoms with van der Waals surface area (Å²) in [6.45, 7) is 2.99. The zero-order chi connectivity index (χ0) is 13.7. The van der Waals surface area contributed by atoms with Gasteiger partial charge in [-0.25, -0.2) is 0 Å². The molecule has 1 aliphatic heterocycles. The molecule has 0 saturated carbocycles. The van der Waals surface area contributed by atoms with E-state index >= 15 is 0 Å². The third-order valence-electron chi connectivity index (χ3n) is 3.44. The molecule has 1 N–H and O–H groups in total. The first-order valence-electron chi connectivity index (χ1n) is 6.80. The molecule has 1 fully saturated rings. The Morgan fingerprint density at radius 1 is 1.53 bits per heavy atom. The molecule has 102 valence electrons. The summed E-state index contributed by atoms with van der Waals surface area (Å²) >= 11 is 6.04. The highest BCUT2D eigenvalue weighted by Gasteiger charge is 2.21. The SMILES string of the molecule is CCCC1CC(Nc2ccc(C#N)c(Cl)c2)CCO1. The van der Waals surface area contributed by atoms with Gasteiger partial charge < -0.3 is 10.1 Å². The number of nitrogens with zero attached hydrogens (tertiary/aromatic N) is 1. The van der Waals surface area contributed by atoms with Crippen molar-refractivity contribution in [3.8, 4) is 6.07 Å². The smallest absolute Gasteiger partial charge is 0.101 e. The van der Waals surface area contributed by atoms with Crippen LogP contribution in [0.2, 0.25) is 5.02 Å². The van der Waals surface area contributed by atoms with Gasteiger partial charge in [0.25, 0.3) is 0 Å². The molecular formula is C15H19ClN2O. The van der Waals surface area contributed by atoms with Gasteiger partial charge in [-0.2, -0.15) is 5.26 Å². The topological polar surface area (TPSA) is 45.0 Å². The number of anilines is 1. The lowest BCUT2D eigenvalue weighted by Crippen LogP contribution is -2.33. The average molecular weight is 279 g/mol. The minimum atomic E-state index is 0.366. The van der Waals surface area contributed by atoms with E-state index in [0.717, 1.165) is 38.0 Å². The number of nitrogens with one attached hydrogen (secondary N) is 1. The second-order valence-electron chi connectivity index (χ2n) is 4.95. The molecule has 0 amide bonds. The van der Waals surface area contributed by atoms with Gasteiger partial charge >= 0.3 is 0 Å². The molecule has 0 spiro atoms. The van der Waals surface area contributed by atoms with Crippen LogP contribution in [0, 0.1) is 11.3 Å². The Morgan fingerprint density at radius 3 is 3.05 bits per heavy atom. The molecule has 0 aromatic heterocycles. The summed E-state index contributed by atoms with van der Waals surface area (Å²) in [5, 5.41) is 12.8. The fourth-order valence-corrected chi connectivity index (χ4v) is 2.69. The van der Waals surface area contributed by atoms with Crippen LogP contribution in [0.15, 0.2) is 18.2 Å². The zero-order valence-corrected chi connectivity index (χ0v) is 11.9. The zero-order valence-electron chi connectivity index (χ0n) is 11.2. The molecule has 1 aromatic rings. The lowest BCUT2D eigenvalue weighted by Gasteiger charge is -2.30. The van der Waals surface area contributed by atoms with Crippen LogP contribution in [0.3, 0.4) is 0 Å². The van der Waals surface area contributed by atoms with Crippen molar-refractivity contribution in [3.63, 3.8) is 0 Å². The molecule has 2 atom stereocenters. The largest absolute Gasteiger partial charge is 0.382 e. The van der Waals surface area contributed by atoms with E-state index in [1.54, 1.807) is 6.07 Å². The molecule has 3 nitrogen and oxygen atoms in total. The maximum Gasteiger partial charge on any atom is 0.101 e. The molecule has 0 bridgehead atoms. The lowest BCUT2D eigenvalue weighted by molar-refractivity contribution is 0.00598. The highest BCUT2D eigenvalue weighted by Crippen LogP contribution is 2.24. The normalized spacial score (nSPS) is 22.8. The average Bonchev–Trinajstić information content (AvgIpc) is 2.40. The molecule has 1 aromatic carbocycles. The fourth-order valence-electron chi connectivity index (χ4n) is 2.47. The molecule has 1 heterocycles. The van der Waals surface area contributed by atoms with Gasteiger partial charge in [0, 0.05) is 18.3 Å². The number of rotatable bonds is 4. The van der Waals surface area contributed by atoms with Crippen LogP contribution in [0.25, 0.3) is 0 Å². The standard InChI is InChI=1S/C15H19ClN2O/c1-2-3-14-8-13(6-7-19-14)18-12-5-4-11(10-17)15(16)9-12/h4-5,9,13-14,18H,2-3,6-8H2,1H3. The van der Waals surface area contributed by atoms with Crippen molar-refractivity contribution in [1.82, 2.24) is 0 Å². The number of ether oxygens (including phenoxy) is 1. The maximum atomic E-state index is 8.85. The molecule has 1 aliphatic rings. The minimum Gasteiger partial charge on any atom is -0.382 e. The Kier molecular flexibility index (Phi) is 5.07. The number of halogens is 1. The minimum absolute atomic E-state index is 0.366. The number of benzene rings is 1. The predicted octanol–water partition coefficient (Wildman–Crippen LogP) is 3.97. The molecule has 1 saturated heterocycles. The fraction of sp³-hybridized carbons (Fsp3) is 0.533. The van der Waals surface area contributed by atoms with Gasteiger partial charge in [0.1, 0.15) is 6.07 Å². The van der Waals surface area contributed by atoms with Crippen LogP contribution in [-0.4, -0.2) is 18.8 Å². The molecule has 4 heteroatoms. The van der Waals surface area contributed by atoms with Gasteiger partial charge in [-0.15, -0.1) is 0 Å². The van der Waals surface area contributed by atoms with Crippen LogP contribution in [-0.2, 0) is 4.74 Å². The molecule has 0 radical (unpaired) electrons. The lowest BCUT2D eigenvalue weighted by atomic mass is 10.00.